The summed E-state index contributed by atoms with van der Waals surface area (Å²) in [6.07, 6.45) is 6.27. The van der Waals surface area contributed by atoms with Crippen LogP contribution in [0.15, 0.2) is 30.6 Å². The number of likely N-dealkylation sites (tertiary alicyclic amines) is 1. The summed E-state index contributed by atoms with van der Waals surface area (Å²) < 4.78 is 34.4. The van der Waals surface area contributed by atoms with Gasteiger partial charge in [-0.1, -0.05) is 0 Å². The van der Waals surface area contributed by atoms with Gasteiger partial charge in [0.05, 0.1) is 30.7 Å². The van der Waals surface area contributed by atoms with Crippen LogP contribution < -0.4 is 15.4 Å². The lowest BCUT2D eigenvalue weighted by Crippen LogP contribution is -2.43. The lowest BCUT2D eigenvalue weighted by molar-refractivity contribution is -0.121. The summed E-state index contributed by atoms with van der Waals surface area (Å²) in [6, 6.07) is 3.59. The van der Waals surface area contributed by atoms with Crippen molar-refractivity contribution in [1.82, 2.24) is 25.5 Å². The Morgan fingerprint density at radius 1 is 1.19 bits per heavy atom. The van der Waals surface area contributed by atoms with E-state index < -0.39 is 29.3 Å². The molecule has 4 rings (SSSR count). The first kappa shape index (κ1) is 26.1. The van der Waals surface area contributed by atoms with Crippen LogP contribution in [0.25, 0.3) is 11.3 Å². The standard InChI is InChI=1S/C26H33F2N5O3/c1-26(2,28)16-33-10-7-17(8-11-33)15-36-23-14-30-22(13-31-23)19-6-5-18(12-20(19)27)24(34)32-25(35)21-4-3-9-29-21/h5-6,12-14,17,21,29H,3-4,7-11,15-16H2,1-2H3,(H,32,34,35)/t21-/m0/s1. The second-order valence-electron chi connectivity index (χ2n) is 10.2. The second kappa shape index (κ2) is 11.4. The summed E-state index contributed by atoms with van der Waals surface area (Å²) >= 11 is 0. The number of amides is 2. The SMILES string of the molecule is CC(C)(F)CN1CCC(COc2cnc(-c3ccc(C(=O)NC(=O)[C@@H]4CCCN4)cc3F)cn2)CC1. The van der Waals surface area contributed by atoms with Gasteiger partial charge in [-0.05, 0) is 83.3 Å². The smallest absolute Gasteiger partial charge is 0.257 e. The number of ether oxygens (including phenoxy) is 1. The largest absolute Gasteiger partial charge is 0.476 e. The molecule has 1 aromatic carbocycles. The molecule has 0 unspecified atom stereocenters. The van der Waals surface area contributed by atoms with Gasteiger partial charge in [-0.3, -0.25) is 14.9 Å². The molecule has 2 N–H and O–H groups in total. The third kappa shape index (κ3) is 7.04. The molecule has 2 aliphatic heterocycles. The molecule has 2 saturated heterocycles. The van der Waals surface area contributed by atoms with Gasteiger partial charge < -0.3 is 15.0 Å². The van der Waals surface area contributed by atoms with Crippen LogP contribution >= 0.6 is 0 Å². The van der Waals surface area contributed by atoms with Crippen molar-refractivity contribution in [3.63, 3.8) is 0 Å². The summed E-state index contributed by atoms with van der Waals surface area (Å²) in [5, 5.41) is 5.33. The van der Waals surface area contributed by atoms with E-state index in [0.29, 0.717) is 37.1 Å². The number of hydrogen-bond donors (Lipinski definition) is 2. The Labute approximate surface area is 209 Å². The molecule has 36 heavy (non-hydrogen) atoms. The van der Waals surface area contributed by atoms with Crippen LogP contribution in [0.4, 0.5) is 8.78 Å². The number of benzene rings is 1. The molecule has 0 spiro atoms. The molecule has 1 aromatic heterocycles. The Morgan fingerprint density at radius 3 is 2.58 bits per heavy atom. The van der Waals surface area contributed by atoms with E-state index in [0.717, 1.165) is 45.0 Å². The van der Waals surface area contributed by atoms with Gasteiger partial charge in [-0.2, -0.15) is 0 Å². The number of rotatable bonds is 8. The minimum Gasteiger partial charge on any atom is -0.476 e. The zero-order valence-corrected chi connectivity index (χ0v) is 20.7. The number of alkyl halides is 1. The topological polar surface area (TPSA) is 96.5 Å². The van der Waals surface area contributed by atoms with E-state index in [1.807, 2.05) is 0 Å². The molecule has 10 heteroatoms. The highest BCUT2D eigenvalue weighted by Crippen LogP contribution is 2.24. The fourth-order valence-electron chi connectivity index (χ4n) is 4.62. The van der Waals surface area contributed by atoms with Crippen molar-refractivity contribution in [1.29, 1.82) is 0 Å². The molecule has 2 aliphatic rings. The Hall–Kier alpha value is -2.98. The van der Waals surface area contributed by atoms with Gasteiger partial charge in [0, 0.05) is 17.7 Å². The molecule has 2 amide bonds. The van der Waals surface area contributed by atoms with Crippen LogP contribution in [-0.2, 0) is 4.79 Å². The normalized spacial score (nSPS) is 19.3. The zero-order valence-electron chi connectivity index (χ0n) is 20.7. The van der Waals surface area contributed by atoms with Crippen LogP contribution in [0.2, 0.25) is 0 Å². The maximum atomic E-state index is 14.8. The van der Waals surface area contributed by atoms with Crippen LogP contribution in [0.1, 0.15) is 49.9 Å². The molecule has 0 aliphatic carbocycles. The van der Waals surface area contributed by atoms with Crippen molar-refractivity contribution in [2.75, 3.05) is 32.8 Å². The number of piperidine rings is 1. The Kier molecular flexibility index (Phi) is 8.25. The molecule has 3 heterocycles. The molecular weight excluding hydrogens is 468 g/mol. The first-order valence-corrected chi connectivity index (χ1v) is 12.4. The molecule has 0 radical (unpaired) electrons. The van der Waals surface area contributed by atoms with Crippen LogP contribution in [0.5, 0.6) is 5.88 Å². The highest BCUT2D eigenvalue weighted by molar-refractivity contribution is 6.06. The Morgan fingerprint density at radius 2 is 1.97 bits per heavy atom. The van der Waals surface area contributed by atoms with Crippen molar-refractivity contribution < 1.29 is 23.1 Å². The summed E-state index contributed by atoms with van der Waals surface area (Å²) in [7, 11) is 0. The molecule has 1 atom stereocenters. The third-order valence-corrected chi connectivity index (χ3v) is 6.52. The van der Waals surface area contributed by atoms with Gasteiger partial charge >= 0.3 is 0 Å². The summed E-state index contributed by atoms with van der Waals surface area (Å²) in [6.45, 7) is 6.54. The van der Waals surface area contributed by atoms with E-state index in [4.69, 9.17) is 4.74 Å². The molecule has 8 nitrogen and oxygen atoms in total. The number of imide groups is 1. The lowest BCUT2D eigenvalue weighted by atomic mass is 9.97. The van der Waals surface area contributed by atoms with E-state index >= 15 is 0 Å². The predicted molar refractivity (Wildman–Crippen MR) is 131 cm³/mol. The monoisotopic (exact) mass is 501 g/mol. The molecule has 2 fully saturated rings. The number of carbonyl (C=O) groups is 2. The van der Waals surface area contributed by atoms with Crippen molar-refractivity contribution in [2.45, 2.75) is 51.2 Å². The Bertz CT molecular complexity index is 1060. The van der Waals surface area contributed by atoms with Crippen LogP contribution in [-0.4, -0.2) is 71.2 Å². The second-order valence-corrected chi connectivity index (χ2v) is 10.2. The quantitative estimate of drug-likeness (QED) is 0.537. The van der Waals surface area contributed by atoms with Crippen molar-refractivity contribution >= 4 is 11.8 Å². The van der Waals surface area contributed by atoms with Gasteiger partial charge in [0.2, 0.25) is 11.8 Å². The number of carbonyl (C=O) groups excluding carboxylic acids is 2. The lowest BCUT2D eigenvalue weighted by Gasteiger charge is -2.34. The fraction of sp³-hybridized carbons (Fsp3) is 0.538. The first-order chi connectivity index (χ1) is 17.2. The van der Waals surface area contributed by atoms with Crippen LogP contribution in [0, 0.1) is 11.7 Å². The number of aromatic nitrogens is 2. The maximum Gasteiger partial charge on any atom is 0.257 e. The first-order valence-electron chi connectivity index (χ1n) is 12.4. The minimum absolute atomic E-state index is 0.0524. The summed E-state index contributed by atoms with van der Waals surface area (Å²) in [5.41, 5.74) is -0.645. The average molecular weight is 502 g/mol. The average Bonchev–Trinajstić information content (AvgIpc) is 3.38. The van der Waals surface area contributed by atoms with Gasteiger partial charge in [0.25, 0.3) is 5.91 Å². The molecular formula is C26H33F2N5O3. The van der Waals surface area contributed by atoms with Crippen LogP contribution in [0.3, 0.4) is 0 Å². The van der Waals surface area contributed by atoms with Crippen molar-refractivity contribution in [3.05, 3.63) is 42.0 Å². The van der Waals surface area contributed by atoms with E-state index in [1.165, 1.54) is 24.5 Å². The molecule has 0 bridgehead atoms. The number of hydrogen-bond acceptors (Lipinski definition) is 7. The van der Waals surface area contributed by atoms with Gasteiger partial charge in [0.15, 0.2) is 0 Å². The summed E-state index contributed by atoms with van der Waals surface area (Å²) in [5.74, 6) is -0.981. The highest BCUT2D eigenvalue weighted by atomic mass is 19.1. The van der Waals surface area contributed by atoms with E-state index in [9.17, 15) is 18.4 Å². The van der Waals surface area contributed by atoms with E-state index in [1.54, 1.807) is 13.8 Å². The number of nitrogens with one attached hydrogen (secondary N) is 2. The minimum atomic E-state index is -1.20. The van der Waals surface area contributed by atoms with Crippen molar-refractivity contribution in [2.24, 2.45) is 5.92 Å². The maximum absolute atomic E-state index is 14.8. The van der Waals surface area contributed by atoms with Crippen molar-refractivity contribution in [3.8, 4) is 17.1 Å². The van der Waals surface area contributed by atoms with E-state index in [-0.39, 0.29) is 11.1 Å². The molecule has 194 valence electrons. The van der Waals surface area contributed by atoms with Gasteiger partial charge in [0.1, 0.15) is 11.5 Å². The number of nitrogens with zero attached hydrogens (tertiary/aromatic N) is 3. The Balaban J connectivity index is 1.28. The third-order valence-electron chi connectivity index (χ3n) is 6.52. The zero-order chi connectivity index (χ0) is 25.7. The molecule has 0 saturated carbocycles. The number of halogens is 2. The summed E-state index contributed by atoms with van der Waals surface area (Å²) in [4.78, 5) is 35.1. The van der Waals surface area contributed by atoms with Gasteiger partial charge in [-0.15, -0.1) is 0 Å². The van der Waals surface area contributed by atoms with Gasteiger partial charge in [-0.25, -0.2) is 18.7 Å². The predicted octanol–water partition coefficient (Wildman–Crippen LogP) is 3.13. The van der Waals surface area contributed by atoms with E-state index in [2.05, 4.69) is 25.5 Å². The fourth-order valence-corrected chi connectivity index (χ4v) is 4.62. The molecule has 2 aromatic rings. The highest BCUT2D eigenvalue weighted by Gasteiger charge is 2.26.